The van der Waals surface area contributed by atoms with Crippen molar-refractivity contribution in [3.8, 4) is 16.2 Å². The van der Waals surface area contributed by atoms with Crippen LogP contribution in [0.4, 0.5) is 17.1 Å². The predicted molar refractivity (Wildman–Crippen MR) is 169 cm³/mol. The molecule has 1 aromatic heterocycles. The average Bonchev–Trinajstić information content (AvgIpc) is 3.49. The van der Waals surface area contributed by atoms with Crippen molar-refractivity contribution in [3.05, 3.63) is 148 Å². The summed E-state index contributed by atoms with van der Waals surface area (Å²) in [7, 11) is 1.66. The Kier molecular flexibility index (Phi) is 8.39. The second-order valence-corrected chi connectivity index (χ2v) is 10.2. The van der Waals surface area contributed by atoms with Gasteiger partial charge in [-0.15, -0.1) is 11.3 Å². The number of aliphatic carboxylic acids is 1. The van der Waals surface area contributed by atoms with Crippen LogP contribution in [0.15, 0.2) is 121 Å². The van der Waals surface area contributed by atoms with E-state index < -0.39 is 5.97 Å². The number of thiophene rings is 1. The van der Waals surface area contributed by atoms with Gasteiger partial charge in [0.2, 0.25) is 0 Å². The summed E-state index contributed by atoms with van der Waals surface area (Å²) < 4.78 is 5.37. The number of hydrogen-bond donors (Lipinski definition) is 1. The van der Waals surface area contributed by atoms with Crippen molar-refractivity contribution >= 4 is 52.6 Å². The van der Waals surface area contributed by atoms with Gasteiger partial charge in [0.15, 0.2) is 0 Å². The Morgan fingerprint density at radius 1 is 0.780 bits per heavy atom. The number of benzene rings is 4. The topological polar surface area (TPSA) is 54.1 Å². The average molecular weight is 555 g/mol. The lowest BCUT2D eigenvalue weighted by Gasteiger charge is -2.26. The van der Waals surface area contributed by atoms with Crippen molar-refractivity contribution < 1.29 is 14.6 Å². The largest absolute Gasteiger partial charge is 0.497 e. The maximum absolute atomic E-state index is 11.2. The highest BCUT2D eigenvalue weighted by molar-refractivity contribution is 7.16. The predicted octanol–water partition coefficient (Wildman–Crippen LogP) is 9.41. The lowest BCUT2D eigenvalue weighted by Crippen LogP contribution is -2.09. The number of carboxylic acids is 1. The van der Waals surface area contributed by atoms with Gasteiger partial charge in [-0.3, -0.25) is 4.79 Å². The van der Waals surface area contributed by atoms with E-state index in [4.69, 9.17) is 16.4 Å². The first kappa shape index (κ1) is 27.2. The molecule has 0 aliphatic heterocycles. The summed E-state index contributed by atoms with van der Waals surface area (Å²) in [6, 6.07) is 38.6. The van der Waals surface area contributed by atoms with Crippen molar-refractivity contribution in [2.45, 2.75) is 0 Å². The minimum absolute atomic E-state index is 0.301. The van der Waals surface area contributed by atoms with E-state index in [9.17, 15) is 4.79 Å². The lowest BCUT2D eigenvalue weighted by atomic mass is 10.1. The van der Waals surface area contributed by atoms with Gasteiger partial charge in [-0.1, -0.05) is 66.7 Å². The molecule has 0 amide bonds. The second kappa shape index (κ2) is 12.6. The maximum Gasteiger partial charge on any atom is 0.333 e. The maximum atomic E-state index is 11.2. The molecule has 1 N–H and O–H groups in total. The summed E-state index contributed by atoms with van der Waals surface area (Å²) in [6.07, 6.45) is 5.61. The monoisotopic (exact) mass is 554 g/mol. The van der Waals surface area contributed by atoms with Crippen molar-refractivity contribution in [3.63, 3.8) is 0 Å². The molecule has 0 bridgehead atoms. The Hall–Kier alpha value is -5.38. The molecule has 4 aromatic carbocycles. The number of nitrogens with zero attached hydrogens (tertiary/aromatic N) is 2. The fraction of sp³-hybridized carbons (Fsp3) is 0.0286. The number of carbonyl (C=O) groups is 1. The summed E-state index contributed by atoms with van der Waals surface area (Å²) in [5, 5.41) is 9.15. The Bertz CT molecular complexity index is 1730. The molecule has 0 atom stereocenters. The Morgan fingerprint density at radius 2 is 1.34 bits per heavy atom. The fourth-order valence-electron chi connectivity index (χ4n) is 4.31. The van der Waals surface area contributed by atoms with E-state index in [0.717, 1.165) is 49.3 Å². The first-order valence-electron chi connectivity index (χ1n) is 12.8. The van der Waals surface area contributed by atoms with Gasteiger partial charge in [-0.2, -0.15) is 0 Å². The molecule has 0 unspecified atom stereocenters. The molecule has 5 aromatic rings. The molecule has 0 saturated carbocycles. The summed E-state index contributed by atoms with van der Waals surface area (Å²) >= 11 is 1.45. The van der Waals surface area contributed by atoms with E-state index >= 15 is 0 Å². The van der Waals surface area contributed by atoms with Crippen LogP contribution in [0.25, 0.3) is 33.5 Å². The van der Waals surface area contributed by atoms with Crippen LogP contribution in [0.5, 0.6) is 5.75 Å². The van der Waals surface area contributed by atoms with E-state index in [1.807, 2.05) is 54.6 Å². The molecule has 5 rings (SSSR count). The molecule has 41 heavy (non-hydrogen) atoms. The van der Waals surface area contributed by atoms with E-state index in [1.54, 1.807) is 7.11 Å². The summed E-state index contributed by atoms with van der Waals surface area (Å²) in [6.45, 7) is 7.07. The van der Waals surface area contributed by atoms with Crippen LogP contribution < -0.4 is 9.64 Å². The normalized spacial score (nSPS) is 11.3. The van der Waals surface area contributed by atoms with Crippen LogP contribution in [-0.2, 0) is 4.79 Å². The summed E-state index contributed by atoms with van der Waals surface area (Å²) in [5.41, 5.74) is 5.97. The first-order chi connectivity index (χ1) is 20.0. The summed E-state index contributed by atoms with van der Waals surface area (Å²) in [5.74, 6) is -0.435. The van der Waals surface area contributed by atoms with Gasteiger partial charge in [-0.25, -0.2) is 4.85 Å². The van der Waals surface area contributed by atoms with Crippen LogP contribution >= 0.6 is 11.3 Å². The highest BCUT2D eigenvalue weighted by atomic mass is 32.1. The van der Waals surface area contributed by atoms with Gasteiger partial charge in [0.05, 0.1) is 13.7 Å². The van der Waals surface area contributed by atoms with Gasteiger partial charge >= 0.3 is 5.97 Å². The Morgan fingerprint density at radius 3 is 1.90 bits per heavy atom. The van der Waals surface area contributed by atoms with Crippen molar-refractivity contribution in [1.82, 2.24) is 0 Å². The molecule has 1 heterocycles. The number of hydrogen-bond acceptors (Lipinski definition) is 4. The first-order valence-corrected chi connectivity index (χ1v) is 13.7. The van der Waals surface area contributed by atoms with E-state index in [-0.39, 0.29) is 5.70 Å². The van der Waals surface area contributed by atoms with Crippen LogP contribution in [0.3, 0.4) is 0 Å². The van der Waals surface area contributed by atoms with Gasteiger partial charge in [0.1, 0.15) is 5.75 Å². The zero-order valence-electron chi connectivity index (χ0n) is 22.3. The third-order valence-electron chi connectivity index (χ3n) is 6.41. The number of rotatable bonds is 9. The molecule has 5 nitrogen and oxygen atoms in total. The third kappa shape index (κ3) is 6.62. The molecular formula is C35H26N2O3S. The molecule has 0 aliphatic carbocycles. The standard InChI is InChI=1S/C35H26N2O3S/c1-36-33(35(38)39)24-32-22-23-34(41-32)27-12-16-29(17-13-27)37(30-18-20-31(40-2)21-19-30)28-14-10-26(11-15-28)9-8-25-6-4-3-5-7-25/h3-24H,2H3,(H,38,39)/b9-8+,33-24-. The number of anilines is 3. The Labute approximate surface area is 243 Å². The zero-order chi connectivity index (χ0) is 28.6. The van der Waals surface area contributed by atoms with Gasteiger partial charge in [0, 0.05) is 26.8 Å². The van der Waals surface area contributed by atoms with E-state index in [0.29, 0.717) is 0 Å². The minimum atomic E-state index is -1.22. The van der Waals surface area contributed by atoms with Crippen LogP contribution in [0.1, 0.15) is 16.0 Å². The van der Waals surface area contributed by atoms with E-state index in [2.05, 4.69) is 82.6 Å². The summed E-state index contributed by atoms with van der Waals surface area (Å²) in [4.78, 5) is 18.2. The molecule has 6 heteroatoms. The van der Waals surface area contributed by atoms with Gasteiger partial charge in [-0.05, 0) is 83.4 Å². The third-order valence-corrected chi connectivity index (χ3v) is 7.49. The SMILES string of the molecule is [C-]#[N+]/C(=C\c1ccc(-c2ccc(N(c3ccc(/C=C/c4ccccc4)cc3)c3ccc(OC)cc3)cc2)s1)C(=O)O. The number of carboxylic acid groups (broad SMARTS) is 1. The molecule has 0 spiro atoms. The number of methoxy groups -OCH3 is 1. The van der Waals surface area contributed by atoms with Gasteiger partial charge in [0.25, 0.3) is 5.70 Å². The molecular weight excluding hydrogens is 528 g/mol. The quantitative estimate of drug-likeness (QED) is 0.112. The molecule has 0 radical (unpaired) electrons. The molecule has 0 fully saturated rings. The smallest absolute Gasteiger partial charge is 0.333 e. The lowest BCUT2D eigenvalue weighted by molar-refractivity contribution is -0.132. The highest BCUT2D eigenvalue weighted by Gasteiger charge is 2.14. The molecule has 0 saturated heterocycles. The van der Waals surface area contributed by atoms with Gasteiger partial charge < -0.3 is 14.7 Å². The van der Waals surface area contributed by atoms with Crippen LogP contribution in [0.2, 0.25) is 0 Å². The number of ether oxygens (including phenoxy) is 1. The van der Waals surface area contributed by atoms with Crippen molar-refractivity contribution in [2.24, 2.45) is 0 Å². The van der Waals surface area contributed by atoms with Crippen LogP contribution in [-0.4, -0.2) is 18.2 Å². The van der Waals surface area contributed by atoms with Crippen LogP contribution in [0, 0.1) is 6.57 Å². The minimum Gasteiger partial charge on any atom is -0.497 e. The highest BCUT2D eigenvalue weighted by Crippen LogP contribution is 2.37. The fourth-order valence-corrected chi connectivity index (χ4v) is 5.26. The van der Waals surface area contributed by atoms with Crippen molar-refractivity contribution in [2.75, 3.05) is 12.0 Å². The molecule has 0 aliphatic rings. The zero-order valence-corrected chi connectivity index (χ0v) is 23.1. The van der Waals surface area contributed by atoms with Crippen molar-refractivity contribution in [1.29, 1.82) is 0 Å². The Balaban J connectivity index is 1.44. The van der Waals surface area contributed by atoms with E-state index in [1.165, 1.54) is 17.4 Å². The molecule has 200 valence electrons. The second-order valence-electron chi connectivity index (χ2n) is 9.06.